The minimum absolute atomic E-state index is 0.0202. The Kier molecular flexibility index (Phi) is 7.54. The van der Waals surface area contributed by atoms with Gasteiger partial charge in [0.25, 0.3) is 0 Å². The first-order chi connectivity index (χ1) is 9.52. The van der Waals surface area contributed by atoms with Crippen molar-refractivity contribution in [3.05, 3.63) is 0 Å². The fourth-order valence-corrected chi connectivity index (χ4v) is 2.33. The highest BCUT2D eigenvalue weighted by molar-refractivity contribution is 5.80. The van der Waals surface area contributed by atoms with E-state index in [0.717, 1.165) is 19.4 Å². The van der Waals surface area contributed by atoms with E-state index in [2.05, 4.69) is 29.4 Å². The van der Waals surface area contributed by atoms with Gasteiger partial charge in [-0.1, -0.05) is 13.8 Å². The van der Waals surface area contributed by atoms with Crippen LogP contribution < -0.4 is 16.4 Å². The first kappa shape index (κ1) is 16.9. The van der Waals surface area contributed by atoms with Crippen molar-refractivity contribution >= 4 is 11.8 Å². The summed E-state index contributed by atoms with van der Waals surface area (Å²) in [6.45, 7) is 7.74. The van der Waals surface area contributed by atoms with Gasteiger partial charge in [0.05, 0.1) is 12.5 Å². The Bertz CT molecular complexity index is 320. The average molecular weight is 284 g/mol. The highest BCUT2D eigenvalue weighted by Crippen LogP contribution is 2.16. The molecule has 1 heterocycles. The topological polar surface area (TPSA) is 87.5 Å². The molecule has 6 nitrogen and oxygen atoms in total. The molecule has 0 aromatic carbocycles. The van der Waals surface area contributed by atoms with Gasteiger partial charge >= 0.3 is 0 Å². The molecule has 20 heavy (non-hydrogen) atoms. The van der Waals surface area contributed by atoms with E-state index in [0.29, 0.717) is 38.6 Å². The van der Waals surface area contributed by atoms with Crippen LogP contribution >= 0.6 is 0 Å². The summed E-state index contributed by atoms with van der Waals surface area (Å²) in [5.74, 6) is 0.535. The molecule has 1 fully saturated rings. The average Bonchev–Trinajstić information content (AvgIpc) is 2.42. The van der Waals surface area contributed by atoms with Crippen LogP contribution in [0.1, 0.15) is 26.7 Å². The molecule has 0 aromatic heterocycles. The SMILES string of the molecule is CC(C)CNC(=O)CN1CCCC(C(=O)NCCN)C1. The smallest absolute Gasteiger partial charge is 0.234 e. The van der Waals surface area contributed by atoms with Gasteiger partial charge in [-0.05, 0) is 25.3 Å². The fourth-order valence-electron chi connectivity index (χ4n) is 2.33. The summed E-state index contributed by atoms with van der Waals surface area (Å²) in [6.07, 6.45) is 1.85. The maximum atomic E-state index is 11.9. The Morgan fingerprint density at radius 2 is 2.10 bits per heavy atom. The fraction of sp³-hybridized carbons (Fsp3) is 0.857. The van der Waals surface area contributed by atoms with Crippen LogP contribution in [0.2, 0.25) is 0 Å². The zero-order valence-corrected chi connectivity index (χ0v) is 12.7. The number of piperidine rings is 1. The lowest BCUT2D eigenvalue weighted by molar-refractivity contribution is -0.128. The number of hydrogen-bond acceptors (Lipinski definition) is 4. The van der Waals surface area contributed by atoms with E-state index in [1.807, 2.05) is 0 Å². The molecule has 116 valence electrons. The molecule has 2 amide bonds. The van der Waals surface area contributed by atoms with Gasteiger partial charge in [-0.2, -0.15) is 0 Å². The minimum atomic E-state index is -0.0202. The summed E-state index contributed by atoms with van der Waals surface area (Å²) in [5.41, 5.74) is 5.38. The van der Waals surface area contributed by atoms with Crippen molar-refractivity contribution in [2.24, 2.45) is 17.6 Å². The van der Waals surface area contributed by atoms with Gasteiger partial charge in [-0.3, -0.25) is 14.5 Å². The van der Waals surface area contributed by atoms with Gasteiger partial charge in [0, 0.05) is 26.2 Å². The molecule has 6 heteroatoms. The molecule has 1 atom stereocenters. The van der Waals surface area contributed by atoms with Gasteiger partial charge in [0.1, 0.15) is 0 Å². The predicted octanol–water partition coefficient (Wildman–Crippen LogP) is -0.454. The number of nitrogens with one attached hydrogen (secondary N) is 2. The number of nitrogens with two attached hydrogens (primary N) is 1. The molecule has 1 aliphatic rings. The summed E-state index contributed by atoms with van der Waals surface area (Å²) in [6, 6.07) is 0. The lowest BCUT2D eigenvalue weighted by atomic mass is 9.97. The third-order valence-corrected chi connectivity index (χ3v) is 3.39. The molecule has 0 radical (unpaired) electrons. The van der Waals surface area contributed by atoms with Crippen molar-refractivity contribution in [2.45, 2.75) is 26.7 Å². The first-order valence-electron chi connectivity index (χ1n) is 7.49. The highest BCUT2D eigenvalue weighted by atomic mass is 16.2. The summed E-state index contributed by atoms with van der Waals surface area (Å²) in [4.78, 5) is 25.8. The molecule has 1 unspecified atom stereocenters. The van der Waals surface area contributed by atoms with Gasteiger partial charge in [-0.25, -0.2) is 0 Å². The number of carbonyl (C=O) groups excluding carboxylic acids is 2. The molecular weight excluding hydrogens is 256 g/mol. The number of hydrogen-bond donors (Lipinski definition) is 3. The second kappa shape index (κ2) is 8.92. The van der Waals surface area contributed by atoms with Gasteiger partial charge < -0.3 is 16.4 Å². The Hall–Kier alpha value is -1.14. The van der Waals surface area contributed by atoms with Crippen molar-refractivity contribution in [1.29, 1.82) is 0 Å². The van der Waals surface area contributed by atoms with Crippen molar-refractivity contribution in [1.82, 2.24) is 15.5 Å². The Balaban J connectivity index is 2.33. The lowest BCUT2D eigenvalue weighted by Crippen LogP contribution is -2.47. The Labute approximate surface area is 121 Å². The zero-order valence-electron chi connectivity index (χ0n) is 12.7. The van der Waals surface area contributed by atoms with Gasteiger partial charge in [0.2, 0.25) is 11.8 Å². The van der Waals surface area contributed by atoms with E-state index in [4.69, 9.17) is 5.73 Å². The predicted molar refractivity (Wildman–Crippen MR) is 79.1 cm³/mol. The number of likely N-dealkylation sites (tertiary alicyclic amines) is 1. The third kappa shape index (κ3) is 6.34. The number of carbonyl (C=O) groups is 2. The molecule has 0 aliphatic carbocycles. The maximum absolute atomic E-state index is 11.9. The lowest BCUT2D eigenvalue weighted by Gasteiger charge is -2.31. The molecule has 1 rings (SSSR count). The van der Waals surface area contributed by atoms with Crippen molar-refractivity contribution in [2.75, 3.05) is 39.3 Å². The van der Waals surface area contributed by atoms with Crippen molar-refractivity contribution in [3.63, 3.8) is 0 Å². The molecule has 1 aliphatic heterocycles. The molecular formula is C14H28N4O2. The summed E-state index contributed by atoms with van der Waals surface area (Å²) >= 11 is 0. The van der Waals surface area contributed by atoms with Crippen LogP contribution in [-0.4, -0.2) is 56.0 Å². The van der Waals surface area contributed by atoms with E-state index in [9.17, 15) is 9.59 Å². The Morgan fingerprint density at radius 3 is 2.75 bits per heavy atom. The van der Waals surface area contributed by atoms with Crippen LogP contribution in [0, 0.1) is 11.8 Å². The summed E-state index contributed by atoms with van der Waals surface area (Å²) in [5, 5.41) is 5.73. The molecule has 0 saturated carbocycles. The molecule has 0 spiro atoms. The van der Waals surface area contributed by atoms with Crippen molar-refractivity contribution in [3.8, 4) is 0 Å². The van der Waals surface area contributed by atoms with E-state index < -0.39 is 0 Å². The van der Waals surface area contributed by atoms with Crippen LogP contribution in [0.5, 0.6) is 0 Å². The van der Waals surface area contributed by atoms with E-state index in [-0.39, 0.29) is 17.7 Å². The Morgan fingerprint density at radius 1 is 1.35 bits per heavy atom. The second-order valence-electron chi connectivity index (χ2n) is 5.85. The minimum Gasteiger partial charge on any atom is -0.355 e. The van der Waals surface area contributed by atoms with Crippen LogP contribution in [-0.2, 0) is 9.59 Å². The summed E-state index contributed by atoms with van der Waals surface area (Å²) in [7, 11) is 0. The number of amides is 2. The maximum Gasteiger partial charge on any atom is 0.234 e. The first-order valence-corrected chi connectivity index (χ1v) is 7.49. The van der Waals surface area contributed by atoms with E-state index >= 15 is 0 Å². The highest BCUT2D eigenvalue weighted by Gasteiger charge is 2.26. The van der Waals surface area contributed by atoms with Crippen LogP contribution in [0.4, 0.5) is 0 Å². The van der Waals surface area contributed by atoms with E-state index in [1.54, 1.807) is 0 Å². The standard InChI is InChI=1S/C14H28N4O2/c1-11(2)8-17-13(19)10-18-7-3-4-12(9-18)14(20)16-6-5-15/h11-12H,3-10,15H2,1-2H3,(H,16,20)(H,17,19). The molecule has 4 N–H and O–H groups in total. The van der Waals surface area contributed by atoms with Gasteiger partial charge in [-0.15, -0.1) is 0 Å². The largest absolute Gasteiger partial charge is 0.355 e. The molecule has 1 saturated heterocycles. The quantitative estimate of drug-likeness (QED) is 0.591. The van der Waals surface area contributed by atoms with Crippen molar-refractivity contribution < 1.29 is 9.59 Å². The second-order valence-corrected chi connectivity index (χ2v) is 5.85. The summed E-state index contributed by atoms with van der Waals surface area (Å²) < 4.78 is 0. The van der Waals surface area contributed by atoms with E-state index in [1.165, 1.54) is 0 Å². The van der Waals surface area contributed by atoms with Crippen LogP contribution in [0.25, 0.3) is 0 Å². The van der Waals surface area contributed by atoms with Gasteiger partial charge in [0.15, 0.2) is 0 Å². The zero-order chi connectivity index (χ0) is 15.0. The normalized spacial score (nSPS) is 19.9. The van der Waals surface area contributed by atoms with Crippen LogP contribution in [0.3, 0.4) is 0 Å². The van der Waals surface area contributed by atoms with Crippen LogP contribution in [0.15, 0.2) is 0 Å². The number of rotatable bonds is 7. The molecule has 0 aromatic rings. The number of nitrogens with zero attached hydrogens (tertiary/aromatic N) is 1. The monoisotopic (exact) mass is 284 g/mol. The molecule has 0 bridgehead atoms. The third-order valence-electron chi connectivity index (χ3n) is 3.39.